The minimum absolute atomic E-state index is 0.189. The van der Waals surface area contributed by atoms with Crippen LogP contribution in [-0.4, -0.2) is 29.8 Å². The molecule has 0 aliphatic rings. The normalized spacial score (nSPS) is 13.2. The minimum Gasteiger partial charge on any atom is -0.396 e. The van der Waals surface area contributed by atoms with Crippen LogP contribution in [0.3, 0.4) is 0 Å². The first-order valence-electron chi connectivity index (χ1n) is 4.48. The van der Waals surface area contributed by atoms with Crippen LogP contribution in [0.2, 0.25) is 0 Å². The molecular weight excluding hydrogens is 184 g/mol. The summed E-state index contributed by atoms with van der Waals surface area (Å²) in [6, 6.07) is 0.488. The fraction of sp³-hybridized carbons (Fsp3) is 0.667. The number of hydrogen-bond donors (Lipinski definition) is 2. The number of rotatable bonds is 5. The van der Waals surface area contributed by atoms with Crippen LogP contribution in [0.25, 0.3) is 0 Å². The number of likely N-dealkylation sites (N-methyl/N-ethyl adjacent to an activating group) is 1. The highest BCUT2D eigenvalue weighted by atomic mass is 32.1. The van der Waals surface area contributed by atoms with Crippen LogP contribution in [0.5, 0.6) is 0 Å². The number of nitrogens with zero attached hydrogens (tertiary/aromatic N) is 1. The van der Waals surface area contributed by atoms with Crippen molar-refractivity contribution in [2.45, 2.75) is 25.8 Å². The molecule has 1 atom stereocenters. The molecule has 0 fully saturated rings. The van der Waals surface area contributed by atoms with E-state index in [0.29, 0.717) is 12.5 Å². The predicted octanol–water partition coefficient (Wildman–Crippen LogP) is 0.828. The van der Waals surface area contributed by atoms with E-state index < -0.39 is 0 Å². The number of thiazole rings is 1. The topological polar surface area (TPSA) is 45.2 Å². The van der Waals surface area contributed by atoms with Crippen LogP contribution in [0.4, 0.5) is 0 Å². The van der Waals surface area contributed by atoms with Gasteiger partial charge in [0, 0.05) is 30.1 Å². The third-order valence-electron chi connectivity index (χ3n) is 1.93. The molecule has 0 saturated carbocycles. The number of hydrogen-bond acceptors (Lipinski definition) is 4. The summed E-state index contributed by atoms with van der Waals surface area (Å²) in [6.07, 6.45) is 3.60. The summed E-state index contributed by atoms with van der Waals surface area (Å²) in [4.78, 5) is 5.51. The maximum absolute atomic E-state index is 8.71. The lowest BCUT2D eigenvalue weighted by Crippen LogP contribution is -2.22. The van der Waals surface area contributed by atoms with Gasteiger partial charge in [0.1, 0.15) is 0 Å². The second-order valence-corrected chi connectivity index (χ2v) is 4.29. The molecule has 74 valence electrons. The smallest absolute Gasteiger partial charge is 0.0950 e. The molecule has 0 radical (unpaired) electrons. The second-order valence-electron chi connectivity index (χ2n) is 3.09. The number of nitrogens with one attached hydrogen (secondary N) is 1. The Balaban J connectivity index is 2.48. The third kappa shape index (κ3) is 3.42. The van der Waals surface area contributed by atoms with Gasteiger partial charge in [-0.15, -0.1) is 11.3 Å². The van der Waals surface area contributed by atoms with Crippen LogP contribution in [0, 0.1) is 0 Å². The van der Waals surface area contributed by atoms with Crippen molar-refractivity contribution in [2.24, 2.45) is 0 Å². The van der Waals surface area contributed by atoms with Crippen molar-refractivity contribution in [3.8, 4) is 0 Å². The van der Waals surface area contributed by atoms with Gasteiger partial charge in [0.15, 0.2) is 0 Å². The molecule has 3 nitrogen and oxygen atoms in total. The molecule has 1 unspecified atom stereocenters. The maximum Gasteiger partial charge on any atom is 0.0950 e. The van der Waals surface area contributed by atoms with E-state index in [0.717, 1.165) is 11.4 Å². The molecule has 1 heterocycles. The molecule has 0 spiro atoms. The van der Waals surface area contributed by atoms with Gasteiger partial charge in [-0.1, -0.05) is 0 Å². The lowest BCUT2D eigenvalue weighted by Gasteiger charge is -2.06. The third-order valence-corrected chi connectivity index (χ3v) is 3.01. The van der Waals surface area contributed by atoms with Gasteiger partial charge in [0.25, 0.3) is 0 Å². The first-order chi connectivity index (χ1) is 6.26. The van der Waals surface area contributed by atoms with E-state index in [-0.39, 0.29) is 6.61 Å². The Morgan fingerprint density at radius 1 is 1.69 bits per heavy atom. The highest BCUT2D eigenvalue weighted by Crippen LogP contribution is 2.14. The van der Waals surface area contributed by atoms with Crippen LogP contribution >= 0.6 is 11.3 Å². The molecule has 0 aliphatic carbocycles. The van der Waals surface area contributed by atoms with Crippen molar-refractivity contribution < 1.29 is 5.11 Å². The first-order valence-corrected chi connectivity index (χ1v) is 5.29. The van der Waals surface area contributed by atoms with Crippen molar-refractivity contribution in [1.29, 1.82) is 0 Å². The van der Waals surface area contributed by atoms with Crippen molar-refractivity contribution in [3.05, 3.63) is 16.1 Å². The van der Waals surface area contributed by atoms with E-state index in [2.05, 4.69) is 17.2 Å². The average Bonchev–Trinajstić information content (AvgIpc) is 2.53. The minimum atomic E-state index is 0.189. The number of aliphatic hydroxyl groups excluding tert-OH is 1. The highest BCUT2D eigenvalue weighted by molar-refractivity contribution is 7.11. The van der Waals surface area contributed by atoms with Crippen molar-refractivity contribution >= 4 is 11.3 Å². The molecule has 1 aromatic rings. The van der Waals surface area contributed by atoms with Gasteiger partial charge in [-0.3, -0.25) is 0 Å². The fourth-order valence-electron chi connectivity index (χ4n) is 1.06. The van der Waals surface area contributed by atoms with Gasteiger partial charge < -0.3 is 10.4 Å². The molecule has 2 N–H and O–H groups in total. The Hall–Kier alpha value is -0.450. The summed E-state index contributed by atoms with van der Waals surface area (Å²) in [5.41, 5.74) is 0. The van der Waals surface area contributed by atoms with Crippen LogP contribution in [-0.2, 0) is 12.8 Å². The first kappa shape index (κ1) is 10.6. The maximum atomic E-state index is 8.71. The van der Waals surface area contributed by atoms with Crippen LogP contribution in [0.1, 0.15) is 16.8 Å². The molecule has 0 aromatic carbocycles. The zero-order valence-electron chi connectivity index (χ0n) is 8.08. The van der Waals surface area contributed by atoms with E-state index in [4.69, 9.17) is 5.11 Å². The molecule has 1 aromatic heterocycles. The Morgan fingerprint density at radius 3 is 3.08 bits per heavy atom. The summed E-state index contributed by atoms with van der Waals surface area (Å²) >= 11 is 1.69. The largest absolute Gasteiger partial charge is 0.396 e. The van der Waals surface area contributed by atoms with E-state index in [1.807, 2.05) is 13.2 Å². The van der Waals surface area contributed by atoms with Gasteiger partial charge in [0.05, 0.1) is 5.01 Å². The summed E-state index contributed by atoms with van der Waals surface area (Å²) in [5, 5.41) is 12.9. The molecule has 0 aliphatic heterocycles. The van der Waals surface area contributed by atoms with Gasteiger partial charge >= 0.3 is 0 Å². The zero-order chi connectivity index (χ0) is 9.68. The number of aromatic nitrogens is 1. The summed E-state index contributed by atoms with van der Waals surface area (Å²) < 4.78 is 0. The number of aliphatic hydroxyl groups is 1. The van der Waals surface area contributed by atoms with Crippen molar-refractivity contribution in [2.75, 3.05) is 13.7 Å². The van der Waals surface area contributed by atoms with Gasteiger partial charge in [-0.05, 0) is 20.4 Å². The van der Waals surface area contributed by atoms with E-state index >= 15 is 0 Å². The second kappa shape index (κ2) is 5.32. The van der Waals surface area contributed by atoms with Crippen molar-refractivity contribution in [3.63, 3.8) is 0 Å². The summed E-state index contributed by atoms with van der Waals surface area (Å²) in [5.74, 6) is 0. The quantitative estimate of drug-likeness (QED) is 0.740. The van der Waals surface area contributed by atoms with E-state index in [9.17, 15) is 0 Å². The zero-order valence-corrected chi connectivity index (χ0v) is 8.90. The van der Waals surface area contributed by atoms with Crippen molar-refractivity contribution in [1.82, 2.24) is 10.3 Å². The Labute approximate surface area is 82.8 Å². The Morgan fingerprint density at radius 2 is 2.46 bits per heavy atom. The standard InChI is InChI=1S/C9H16N2OS/c1-7(10-2)5-8-6-11-9(13-8)3-4-12/h6-7,10,12H,3-5H2,1-2H3. The molecule has 0 bridgehead atoms. The molecule has 13 heavy (non-hydrogen) atoms. The molecule has 0 saturated heterocycles. The van der Waals surface area contributed by atoms with Gasteiger partial charge in [-0.2, -0.15) is 0 Å². The lowest BCUT2D eigenvalue weighted by molar-refractivity contribution is 0.299. The summed E-state index contributed by atoms with van der Waals surface area (Å²) in [7, 11) is 1.96. The SMILES string of the molecule is CNC(C)Cc1cnc(CCO)s1. The molecule has 0 amide bonds. The fourth-order valence-corrected chi connectivity index (χ4v) is 2.10. The van der Waals surface area contributed by atoms with Gasteiger partial charge in [-0.25, -0.2) is 4.98 Å². The molecular formula is C9H16N2OS. The summed E-state index contributed by atoms with van der Waals surface area (Å²) in [6.45, 7) is 2.33. The Bertz CT molecular complexity index is 250. The monoisotopic (exact) mass is 200 g/mol. The molecule has 4 heteroatoms. The van der Waals surface area contributed by atoms with Crippen LogP contribution in [0.15, 0.2) is 6.20 Å². The Kier molecular flexibility index (Phi) is 4.35. The average molecular weight is 200 g/mol. The molecule has 1 rings (SSSR count). The highest BCUT2D eigenvalue weighted by Gasteiger charge is 2.04. The van der Waals surface area contributed by atoms with Crippen LogP contribution < -0.4 is 5.32 Å². The van der Waals surface area contributed by atoms with E-state index in [1.165, 1.54) is 4.88 Å². The lowest BCUT2D eigenvalue weighted by atomic mass is 10.2. The predicted molar refractivity (Wildman–Crippen MR) is 55.1 cm³/mol. The van der Waals surface area contributed by atoms with E-state index in [1.54, 1.807) is 11.3 Å². The van der Waals surface area contributed by atoms with Gasteiger partial charge in [0.2, 0.25) is 0 Å².